The molecule has 0 aliphatic carbocycles. The van der Waals surface area contributed by atoms with Crippen molar-refractivity contribution in [2.45, 2.75) is 9.92 Å². The molecule has 0 fully saturated rings. The number of nitro groups is 1. The second-order valence-electron chi connectivity index (χ2n) is 6.01. The van der Waals surface area contributed by atoms with Gasteiger partial charge in [0.05, 0.1) is 10.5 Å². The van der Waals surface area contributed by atoms with Crippen molar-refractivity contribution >= 4 is 16.5 Å². The summed E-state index contributed by atoms with van der Waals surface area (Å²) in [5.74, 6) is -1.52. The minimum atomic E-state index is -1.51. The van der Waals surface area contributed by atoms with Crippen LogP contribution in [0.15, 0.2) is 75.2 Å². The molecule has 4 rings (SSSR count). The fourth-order valence-electron chi connectivity index (χ4n) is 2.64. The van der Waals surface area contributed by atoms with Crippen LogP contribution in [0.1, 0.15) is 0 Å². The lowest BCUT2D eigenvalue weighted by atomic mass is 10.1. The lowest BCUT2D eigenvalue weighted by Gasteiger charge is -2.02. The summed E-state index contributed by atoms with van der Waals surface area (Å²) in [5.41, 5.74) is -0.177. The Morgan fingerprint density at radius 3 is 2.53 bits per heavy atom. The van der Waals surface area contributed by atoms with Crippen LogP contribution in [0.2, 0.25) is 0 Å². The van der Waals surface area contributed by atoms with Crippen LogP contribution >= 0.6 is 0 Å². The van der Waals surface area contributed by atoms with Crippen molar-refractivity contribution in [3.05, 3.63) is 70.9 Å². The van der Waals surface area contributed by atoms with Gasteiger partial charge in [0.25, 0.3) is 5.89 Å². The normalized spacial score (nSPS) is 11.9. The monoisotopic (exact) mass is 424 g/mol. The highest BCUT2D eigenvalue weighted by atomic mass is 32.2. The van der Waals surface area contributed by atoms with E-state index in [1.807, 2.05) is 6.07 Å². The highest BCUT2D eigenvalue weighted by Gasteiger charge is 2.22. The average molecular weight is 424 g/mol. The van der Waals surface area contributed by atoms with E-state index in [-0.39, 0.29) is 17.3 Å². The number of hydrogen-bond acceptors (Lipinski definition) is 9. The highest BCUT2D eigenvalue weighted by molar-refractivity contribution is 7.85. The molecule has 0 amide bonds. The number of aromatic nitrogens is 3. The van der Waals surface area contributed by atoms with E-state index in [0.29, 0.717) is 15.5 Å². The maximum Gasteiger partial charge on any atom is 0.315 e. The van der Waals surface area contributed by atoms with E-state index in [2.05, 4.69) is 15.1 Å². The zero-order chi connectivity index (χ0) is 21.3. The van der Waals surface area contributed by atoms with Gasteiger partial charge >= 0.3 is 5.69 Å². The number of rotatable bonds is 5. The number of phenols is 2. The van der Waals surface area contributed by atoms with Gasteiger partial charge in [-0.15, -0.1) is 0 Å². The van der Waals surface area contributed by atoms with E-state index in [4.69, 9.17) is 4.52 Å². The Labute approximate surface area is 171 Å². The zero-order valence-electron chi connectivity index (χ0n) is 15.0. The summed E-state index contributed by atoms with van der Waals surface area (Å²) in [4.78, 5) is 19.1. The first-order valence-electron chi connectivity index (χ1n) is 8.41. The smallest absolute Gasteiger partial charge is 0.315 e. The molecule has 0 aliphatic heterocycles. The van der Waals surface area contributed by atoms with Crippen LogP contribution in [0.25, 0.3) is 22.8 Å². The van der Waals surface area contributed by atoms with Crippen molar-refractivity contribution in [2.24, 2.45) is 0 Å². The number of nitrogens with zero attached hydrogens (tertiary/aromatic N) is 4. The fraction of sp³-hybridized carbons (Fsp3) is 0. The van der Waals surface area contributed by atoms with Crippen molar-refractivity contribution in [3.8, 4) is 34.3 Å². The summed E-state index contributed by atoms with van der Waals surface area (Å²) in [6.45, 7) is 0. The fourth-order valence-corrected chi connectivity index (χ4v) is 3.68. The molecule has 4 aromatic rings. The first-order valence-corrected chi connectivity index (χ1v) is 9.56. The van der Waals surface area contributed by atoms with Crippen molar-refractivity contribution in [1.82, 2.24) is 15.1 Å². The Kier molecular flexibility index (Phi) is 4.94. The zero-order valence-corrected chi connectivity index (χ0v) is 15.8. The molecule has 0 saturated heterocycles. The van der Waals surface area contributed by atoms with E-state index in [1.54, 1.807) is 36.4 Å². The van der Waals surface area contributed by atoms with Gasteiger partial charge in [-0.2, -0.15) is 4.98 Å². The predicted octanol–water partition coefficient (Wildman–Crippen LogP) is 3.28. The third kappa shape index (κ3) is 3.61. The van der Waals surface area contributed by atoms with Crippen LogP contribution in [0.4, 0.5) is 5.69 Å². The molecule has 0 spiro atoms. The van der Waals surface area contributed by atoms with Gasteiger partial charge in [0, 0.05) is 22.7 Å². The van der Waals surface area contributed by atoms with Gasteiger partial charge in [-0.1, -0.05) is 23.4 Å². The molecule has 30 heavy (non-hydrogen) atoms. The average Bonchev–Trinajstić information content (AvgIpc) is 3.26. The minimum absolute atomic E-state index is 0.0536. The number of hydrogen-bond donors (Lipinski definition) is 2. The maximum absolute atomic E-state index is 12.7. The molecule has 2 heterocycles. The van der Waals surface area contributed by atoms with Gasteiger partial charge in [-0.3, -0.25) is 10.1 Å². The summed E-state index contributed by atoms with van der Waals surface area (Å²) < 4.78 is 17.8. The molecule has 0 bridgehead atoms. The van der Waals surface area contributed by atoms with E-state index in [9.17, 15) is 24.5 Å². The standard InChI is InChI=1S/C19H12N4O6S/c24-15-9-12(8-14(17(15)25)23(26)27)19-21-18(22-29-19)11-6-7-20-16(10-11)30(28)13-4-2-1-3-5-13/h1-10,24-25H. The van der Waals surface area contributed by atoms with Crippen LogP contribution in [0.3, 0.4) is 0 Å². The summed E-state index contributed by atoms with van der Waals surface area (Å²) in [6.07, 6.45) is 1.46. The van der Waals surface area contributed by atoms with Crippen molar-refractivity contribution in [3.63, 3.8) is 0 Å². The lowest BCUT2D eigenvalue weighted by Crippen LogP contribution is -1.96. The molecule has 0 saturated carbocycles. The summed E-state index contributed by atoms with van der Waals surface area (Å²) in [6, 6.07) is 14.0. The van der Waals surface area contributed by atoms with Gasteiger partial charge in [0.1, 0.15) is 15.8 Å². The van der Waals surface area contributed by atoms with Gasteiger partial charge in [0.15, 0.2) is 5.75 Å². The molecule has 1 atom stereocenters. The van der Waals surface area contributed by atoms with Crippen molar-refractivity contribution < 1.29 is 23.9 Å². The molecule has 0 aliphatic rings. The number of benzene rings is 2. The number of pyridine rings is 1. The molecule has 150 valence electrons. The summed E-state index contributed by atoms with van der Waals surface area (Å²) >= 11 is 0. The second kappa shape index (κ2) is 7.72. The van der Waals surface area contributed by atoms with Crippen LogP contribution in [-0.2, 0) is 10.8 Å². The van der Waals surface area contributed by atoms with Crippen LogP contribution in [0, 0.1) is 10.1 Å². The van der Waals surface area contributed by atoms with Crippen LogP contribution in [-0.4, -0.2) is 34.5 Å². The van der Waals surface area contributed by atoms with Gasteiger partial charge in [-0.25, -0.2) is 9.19 Å². The van der Waals surface area contributed by atoms with E-state index < -0.39 is 32.9 Å². The number of nitro benzene ring substituents is 1. The van der Waals surface area contributed by atoms with Crippen molar-refractivity contribution in [1.29, 1.82) is 0 Å². The molecule has 2 aromatic carbocycles. The Bertz CT molecular complexity index is 1280. The minimum Gasteiger partial charge on any atom is -0.504 e. The Morgan fingerprint density at radius 1 is 1.03 bits per heavy atom. The van der Waals surface area contributed by atoms with Crippen molar-refractivity contribution in [2.75, 3.05) is 0 Å². The summed E-state index contributed by atoms with van der Waals surface area (Å²) in [5, 5.41) is 34.5. The van der Waals surface area contributed by atoms with E-state index in [1.165, 1.54) is 6.20 Å². The maximum atomic E-state index is 12.7. The molecule has 1 unspecified atom stereocenters. The summed E-state index contributed by atoms with van der Waals surface area (Å²) in [7, 11) is -1.51. The quantitative estimate of drug-likeness (QED) is 0.279. The lowest BCUT2D eigenvalue weighted by molar-refractivity contribution is -0.385. The molecular weight excluding hydrogens is 412 g/mol. The molecule has 11 heteroatoms. The number of aromatic hydroxyl groups is 2. The molecule has 10 nitrogen and oxygen atoms in total. The van der Waals surface area contributed by atoms with Gasteiger partial charge < -0.3 is 14.7 Å². The highest BCUT2D eigenvalue weighted by Crippen LogP contribution is 2.39. The van der Waals surface area contributed by atoms with E-state index >= 15 is 0 Å². The SMILES string of the molecule is O=[N+]([O-])c1cc(-c2nc(-c3ccnc(S(=O)c4ccccc4)c3)no2)cc(O)c1O. The third-order valence-electron chi connectivity index (χ3n) is 4.08. The first kappa shape index (κ1) is 19.2. The van der Waals surface area contributed by atoms with Crippen LogP contribution in [0.5, 0.6) is 11.5 Å². The third-order valence-corrected chi connectivity index (χ3v) is 5.38. The Balaban J connectivity index is 1.69. The molecule has 2 N–H and O–H groups in total. The molecule has 0 radical (unpaired) electrons. The van der Waals surface area contributed by atoms with E-state index in [0.717, 1.165) is 12.1 Å². The Morgan fingerprint density at radius 2 is 1.80 bits per heavy atom. The molecule has 2 aromatic heterocycles. The predicted molar refractivity (Wildman–Crippen MR) is 104 cm³/mol. The first-order chi connectivity index (χ1) is 14.4. The topological polar surface area (TPSA) is 152 Å². The van der Waals surface area contributed by atoms with Crippen LogP contribution < -0.4 is 0 Å². The van der Waals surface area contributed by atoms with Gasteiger partial charge in [-0.05, 0) is 30.3 Å². The largest absolute Gasteiger partial charge is 0.504 e. The van der Waals surface area contributed by atoms with Gasteiger partial charge in [0.2, 0.25) is 11.6 Å². The molecular formula is C19H12N4O6S. The Hall–Kier alpha value is -4.12. The number of phenolic OH excluding ortho intramolecular Hbond substituents is 2. The second-order valence-corrected chi connectivity index (χ2v) is 7.44.